The summed E-state index contributed by atoms with van der Waals surface area (Å²) in [5.41, 5.74) is 1.57. The molecule has 1 saturated carbocycles. The number of anilines is 1. The molecule has 2 aromatic rings. The van der Waals surface area contributed by atoms with Crippen LogP contribution in [0, 0.1) is 5.92 Å². The van der Waals surface area contributed by atoms with Crippen LogP contribution in [0.15, 0.2) is 41.3 Å². The Morgan fingerprint density at radius 2 is 2.19 bits per heavy atom. The van der Waals surface area contributed by atoms with Gasteiger partial charge in [0.05, 0.1) is 18.3 Å². The summed E-state index contributed by atoms with van der Waals surface area (Å²) in [6, 6.07) is 8.94. The number of rotatable bonds is 5. The lowest BCUT2D eigenvalue weighted by atomic mass is 9.89. The molecular weight excluding hydrogens is 352 g/mol. The Bertz CT molecular complexity index is 834. The molecule has 1 aromatic heterocycles. The van der Waals surface area contributed by atoms with Crippen LogP contribution in [-0.2, 0) is 11.3 Å². The largest absolute Gasteiger partial charge is 0.374 e. The van der Waals surface area contributed by atoms with Crippen LogP contribution in [0.25, 0.3) is 0 Å². The van der Waals surface area contributed by atoms with Gasteiger partial charge in [0.2, 0.25) is 0 Å². The molecule has 0 radical (unpaired) electrons. The first-order chi connectivity index (χ1) is 12.5. The Morgan fingerprint density at radius 1 is 1.35 bits per heavy atom. The predicted molar refractivity (Wildman–Crippen MR) is 103 cm³/mol. The van der Waals surface area contributed by atoms with Crippen molar-refractivity contribution in [2.75, 3.05) is 5.32 Å². The lowest BCUT2D eigenvalue weighted by molar-refractivity contribution is 0.00468. The average Bonchev–Trinajstić information content (AvgIpc) is 2.62. The maximum Gasteiger partial charge on any atom is 0.266 e. The van der Waals surface area contributed by atoms with Gasteiger partial charge in [-0.2, -0.15) is 0 Å². The van der Waals surface area contributed by atoms with Gasteiger partial charge in [0, 0.05) is 11.9 Å². The Labute approximate surface area is 157 Å². The number of halogens is 1. The molecule has 138 valence electrons. The van der Waals surface area contributed by atoms with Crippen molar-refractivity contribution >= 4 is 23.2 Å². The van der Waals surface area contributed by atoms with Crippen LogP contribution in [-0.4, -0.2) is 17.0 Å². The molecule has 0 spiro atoms. The first-order valence-corrected chi connectivity index (χ1v) is 9.29. The molecule has 1 amide bonds. The second-order valence-electron chi connectivity index (χ2n) is 6.92. The first kappa shape index (κ1) is 18.7. The van der Waals surface area contributed by atoms with Gasteiger partial charge in [0.25, 0.3) is 11.5 Å². The summed E-state index contributed by atoms with van der Waals surface area (Å²) in [4.78, 5) is 26.0. The number of aromatic amines is 1. The molecule has 0 bridgehead atoms. The average molecular weight is 375 g/mol. The second kappa shape index (κ2) is 8.52. The molecule has 2 N–H and O–H groups in total. The van der Waals surface area contributed by atoms with E-state index < -0.39 is 5.56 Å². The van der Waals surface area contributed by atoms with Gasteiger partial charge in [-0.3, -0.25) is 9.59 Å². The fourth-order valence-electron chi connectivity index (χ4n) is 3.27. The van der Waals surface area contributed by atoms with Gasteiger partial charge < -0.3 is 15.0 Å². The molecule has 3 rings (SSSR count). The van der Waals surface area contributed by atoms with E-state index in [-0.39, 0.29) is 10.9 Å². The van der Waals surface area contributed by atoms with Crippen LogP contribution < -0.4 is 10.9 Å². The zero-order valence-corrected chi connectivity index (χ0v) is 15.5. The summed E-state index contributed by atoms with van der Waals surface area (Å²) in [6.07, 6.45) is 6.41. The normalized spacial score (nSPS) is 19.9. The Hall–Kier alpha value is -2.11. The summed E-state index contributed by atoms with van der Waals surface area (Å²) < 4.78 is 6.04. The van der Waals surface area contributed by atoms with Crippen LogP contribution in [0.1, 0.15) is 48.5 Å². The molecule has 26 heavy (non-hydrogen) atoms. The molecule has 1 aromatic carbocycles. The van der Waals surface area contributed by atoms with Crippen LogP contribution in [0.2, 0.25) is 5.02 Å². The fraction of sp³-hybridized carbons (Fsp3) is 0.400. The number of carbonyl (C=O) groups is 1. The molecule has 6 heteroatoms. The maximum absolute atomic E-state index is 12.3. The zero-order chi connectivity index (χ0) is 18.5. The van der Waals surface area contributed by atoms with Crippen LogP contribution >= 0.6 is 11.6 Å². The molecule has 1 fully saturated rings. The van der Waals surface area contributed by atoms with Gasteiger partial charge in [-0.15, -0.1) is 0 Å². The third kappa shape index (κ3) is 4.96. The quantitative estimate of drug-likeness (QED) is 0.816. The zero-order valence-electron chi connectivity index (χ0n) is 14.8. The second-order valence-corrected chi connectivity index (χ2v) is 7.33. The van der Waals surface area contributed by atoms with E-state index >= 15 is 0 Å². The van der Waals surface area contributed by atoms with E-state index in [1.807, 2.05) is 24.3 Å². The highest BCUT2D eigenvalue weighted by Crippen LogP contribution is 2.26. The van der Waals surface area contributed by atoms with Gasteiger partial charge in [0.15, 0.2) is 0 Å². The highest BCUT2D eigenvalue weighted by atomic mass is 35.5. The third-order valence-corrected chi connectivity index (χ3v) is 4.96. The number of hydrogen-bond acceptors (Lipinski definition) is 3. The molecule has 0 unspecified atom stereocenters. The summed E-state index contributed by atoms with van der Waals surface area (Å²) in [7, 11) is 0. The highest BCUT2D eigenvalue weighted by Gasteiger charge is 2.19. The Kier molecular flexibility index (Phi) is 6.12. The lowest BCUT2D eigenvalue weighted by Gasteiger charge is -2.26. The van der Waals surface area contributed by atoms with Crippen molar-refractivity contribution in [3.63, 3.8) is 0 Å². The number of amides is 1. The summed E-state index contributed by atoms with van der Waals surface area (Å²) in [5.74, 6) is 0.394. The fourth-order valence-corrected chi connectivity index (χ4v) is 3.45. The number of H-pyrrole nitrogens is 1. The van der Waals surface area contributed by atoms with E-state index in [0.717, 1.165) is 24.3 Å². The number of nitrogens with one attached hydrogen (secondary N) is 2. The highest BCUT2D eigenvalue weighted by molar-refractivity contribution is 6.30. The molecule has 5 nitrogen and oxygen atoms in total. The Balaban J connectivity index is 1.60. The van der Waals surface area contributed by atoms with Gasteiger partial charge >= 0.3 is 0 Å². The standard InChI is InChI=1S/C20H23ClN2O3/c1-13-4-2-7-17(8-13)26-12-14-5-3-6-16(9-14)23-19(24)15-10-18(21)20(25)22-11-15/h3,5-6,9-11,13,17H,2,4,7-8,12H2,1H3,(H,22,25)(H,23,24)/t13-,17+/m1/s1. The molecule has 0 aliphatic heterocycles. The van der Waals surface area contributed by atoms with Crippen molar-refractivity contribution in [1.29, 1.82) is 0 Å². The van der Waals surface area contributed by atoms with Gasteiger partial charge in [-0.1, -0.05) is 43.5 Å². The number of hydrogen-bond donors (Lipinski definition) is 2. The molecule has 2 atom stereocenters. The van der Waals surface area contributed by atoms with Crippen molar-refractivity contribution in [3.05, 3.63) is 63.0 Å². The van der Waals surface area contributed by atoms with Gasteiger partial charge in [-0.05, 0) is 42.5 Å². The molecular formula is C20H23ClN2O3. The number of pyridine rings is 1. The van der Waals surface area contributed by atoms with E-state index in [2.05, 4.69) is 17.2 Å². The van der Waals surface area contributed by atoms with Gasteiger partial charge in [-0.25, -0.2) is 0 Å². The molecule has 1 aliphatic carbocycles. The lowest BCUT2D eigenvalue weighted by Crippen LogP contribution is -2.21. The minimum atomic E-state index is -0.417. The first-order valence-electron chi connectivity index (χ1n) is 8.91. The van der Waals surface area contributed by atoms with E-state index in [0.29, 0.717) is 24.0 Å². The van der Waals surface area contributed by atoms with E-state index in [1.54, 1.807) is 0 Å². The van der Waals surface area contributed by atoms with E-state index in [4.69, 9.17) is 16.3 Å². The monoisotopic (exact) mass is 374 g/mol. The summed E-state index contributed by atoms with van der Waals surface area (Å²) in [5, 5.41) is 2.80. The number of benzene rings is 1. The van der Waals surface area contributed by atoms with Crippen LogP contribution in [0.5, 0.6) is 0 Å². The number of aromatic nitrogens is 1. The van der Waals surface area contributed by atoms with Crippen molar-refractivity contribution in [2.45, 2.75) is 45.3 Å². The van der Waals surface area contributed by atoms with Crippen molar-refractivity contribution in [1.82, 2.24) is 4.98 Å². The molecule has 1 heterocycles. The maximum atomic E-state index is 12.3. The molecule has 0 saturated heterocycles. The minimum Gasteiger partial charge on any atom is -0.374 e. The smallest absolute Gasteiger partial charge is 0.266 e. The van der Waals surface area contributed by atoms with Crippen molar-refractivity contribution in [3.8, 4) is 0 Å². The third-order valence-electron chi connectivity index (χ3n) is 4.68. The SMILES string of the molecule is C[C@@H]1CCC[C@H](OCc2cccc(NC(=O)c3c[nH]c(=O)c(Cl)c3)c2)C1. The van der Waals surface area contributed by atoms with E-state index in [1.165, 1.54) is 25.1 Å². The molecule has 1 aliphatic rings. The van der Waals surface area contributed by atoms with Crippen LogP contribution in [0.3, 0.4) is 0 Å². The van der Waals surface area contributed by atoms with Crippen molar-refractivity contribution < 1.29 is 9.53 Å². The number of carbonyl (C=O) groups excluding carboxylic acids is 1. The van der Waals surface area contributed by atoms with Crippen LogP contribution in [0.4, 0.5) is 5.69 Å². The van der Waals surface area contributed by atoms with Gasteiger partial charge in [0.1, 0.15) is 5.02 Å². The van der Waals surface area contributed by atoms with E-state index in [9.17, 15) is 9.59 Å². The topological polar surface area (TPSA) is 71.2 Å². The van der Waals surface area contributed by atoms with Crippen molar-refractivity contribution in [2.24, 2.45) is 5.92 Å². The number of ether oxygens (including phenoxy) is 1. The Morgan fingerprint density at radius 3 is 2.96 bits per heavy atom. The summed E-state index contributed by atoms with van der Waals surface area (Å²) in [6.45, 7) is 2.81. The summed E-state index contributed by atoms with van der Waals surface area (Å²) >= 11 is 5.77. The minimum absolute atomic E-state index is 0.0125. The predicted octanol–water partition coefficient (Wildman–Crippen LogP) is 4.38.